The Morgan fingerprint density at radius 3 is 2.44 bits per heavy atom. The number of hydrogen-bond donors (Lipinski definition) is 3. The van der Waals surface area contributed by atoms with Crippen molar-refractivity contribution in [2.45, 2.75) is 77.1 Å². The van der Waals surface area contributed by atoms with Crippen LogP contribution in [0.4, 0.5) is 10.5 Å². The Hall–Kier alpha value is -3.88. The Balaban J connectivity index is 1.31. The summed E-state index contributed by atoms with van der Waals surface area (Å²) < 4.78 is 6.69. The van der Waals surface area contributed by atoms with Crippen molar-refractivity contribution in [2.75, 3.05) is 32.1 Å². The van der Waals surface area contributed by atoms with Gasteiger partial charge in [-0.05, 0) is 61.7 Å². The molecule has 5 rings (SSSR count). The van der Waals surface area contributed by atoms with Gasteiger partial charge < -0.3 is 25.4 Å². The highest BCUT2D eigenvalue weighted by Crippen LogP contribution is 2.30. The highest BCUT2D eigenvalue weighted by Gasteiger charge is 2.31. The second-order valence-corrected chi connectivity index (χ2v) is 12.9. The highest BCUT2D eigenvalue weighted by molar-refractivity contribution is 5.90. The number of amides is 3. The Morgan fingerprint density at radius 1 is 1.02 bits per heavy atom. The standard InChI is InChI=1S/C37H48N4O4/c1-26-22-41(27(2)25-42)36(43)21-31-20-33(39-37(44)38-32-12-8-5-9-13-32)18-19-34(31)45-35(26)24-40(3)23-28-14-16-30(17-15-28)29-10-6-4-7-11-29/h4,6-7,10-11,14-20,26-27,32,35,42H,5,8-9,12-13,21-25H2,1-3H3,(H2,38,39,44)/t26-,27+,35+/m1/s1. The molecule has 1 heterocycles. The molecule has 0 saturated heterocycles. The molecule has 0 radical (unpaired) electrons. The number of hydrogen-bond acceptors (Lipinski definition) is 5. The monoisotopic (exact) mass is 612 g/mol. The minimum Gasteiger partial charge on any atom is -0.488 e. The topological polar surface area (TPSA) is 94.1 Å². The van der Waals surface area contributed by atoms with E-state index in [0.717, 1.165) is 37.8 Å². The van der Waals surface area contributed by atoms with Crippen molar-refractivity contribution in [3.8, 4) is 16.9 Å². The maximum Gasteiger partial charge on any atom is 0.319 e. The van der Waals surface area contributed by atoms with E-state index in [2.05, 4.69) is 78.0 Å². The van der Waals surface area contributed by atoms with Gasteiger partial charge in [-0.15, -0.1) is 0 Å². The number of ether oxygens (including phenoxy) is 1. The molecule has 1 aliphatic carbocycles. The van der Waals surface area contributed by atoms with Crippen LogP contribution in [0.2, 0.25) is 0 Å². The molecule has 3 aromatic rings. The van der Waals surface area contributed by atoms with Gasteiger partial charge in [-0.1, -0.05) is 80.8 Å². The summed E-state index contributed by atoms with van der Waals surface area (Å²) in [6.45, 7) is 5.75. The lowest BCUT2D eigenvalue weighted by Crippen LogP contribution is -2.47. The third-order valence-electron chi connectivity index (χ3n) is 9.12. The third kappa shape index (κ3) is 8.86. The zero-order valence-electron chi connectivity index (χ0n) is 26.9. The fraction of sp³-hybridized carbons (Fsp3) is 0.459. The molecule has 1 aliphatic heterocycles. The molecule has 1 saturated carbocycles. The molecule has 8 heteroatoms. The maximum atomic E-state index is 13.6. The minimum atomic E-state index is -0.314. The summed E-state index contributed by atoms with van der Waals surface area (Å²) in [5.74, 6) is 0.595. The van der Waals surface area contributed by atoms with Gasteiger partial charge in [-0.2, -0.15) is 0 Å². The van der Waals surface area contributed by atoms with E-state index in [9.17, 15) is 14.7 Å². The lowest BCUT2D eigenvalue weighted by atomic mass is 9.96. The molecule has 3 amide bonds. The van der Waals surface area contributed by atoms with Crippen molar-refractivity contribution >= 4 is 17.6 Å². The van der Waals surface area contributed by atoms with E-state index in [1.165, 1.54) is 23.1 Å². The number of urea groups is 1. The summed E-state index contributed by atoms with van der Waals surface area (Å²) in [7, 11) is 2.09. The molecule has 8 nitrogen and oxygen atoms in total. The number of aliphatic hydroxyl groups is 1. The van der Waals surface area contributed by atoms with Crippen LogP contribution in [-0.4, -0.2) is 71.8 Å². The summed E-state index contributed by atoms with van der Waals surface area (Å²) in [6.07, 6.45) is 5.44. The SMILES string of the molecule is C[C@@H]1CN([C@@H](C)CO)C(=O)Cc2cc(NC(=O)NC3CCCCC3)ccc2O[C@H]1CN(C)Cc1ccc(-c2ccccc2)cc1. The van der Waals surface area contributed by atoms with E-state index < -0.39 is 0 Å². The van der Waals surface area contributed by atoms with Crippen LogP contribution in [0.1, 0.15) is 57.1 Å². The molecule has 0 aromatic heterocycles. The zero-order chi connectivity index (χ0) is 31.8. The summed E-state index contributed by atoms with van der Waals surface area (Å²) in [6, 6.07) is 24.2. The number of nitrogens with zero attached hydrogens (tertiary/aromatic N) is 2. The molecule has 3 aromatic carbocycles. The predicted molar refractivity (Wildman–Crippen MR) is 179 cm³/mol. The molecule has 3 atom stereocenters. The molecular formula is C37H48N4O4. The van der Waals surface area contributed by atoms with Gasteiger partial charge in [-0.3, -0.25) is 9.69 Å². The van der Waals surface area contributed by atoms with Gasteiger partial charge in [0.05, 0.1) is 19.1 Å². The van der Waals surface area contributed by atoms with Crippen LogP contribution >= 0.6 is 0 Å². The summed E-state index contributed by atoms with van der Waals surface area (Å²) in [5.41, 5.74) is 4.95. The van der Waals surface area contributed by atoms with Crippen molar-refractivity contribution in [2.24, 2.45) is 5.92 Å². The largest absolute Gasteiger partial charge is 0.488 e. The number of carbonyl (C=O) groups excluding carboxylic acids is 2. The third-order valence-corrected chi connectivity index (χ3v) is 9.12. The van der Waals surface area contributed by atoms with Crippen molar-refractivity contribution in [3.05, 3.63) is 83.9 Å². The van der Waals surface area contributed by atoms with Crippen LogP contribution in [0.25, 0.3) is 11.1 Å². The molecule has 240 valence electrons. The van der Waals surface area contributed by atoms with Crippen molar-refractivity contribution < 1.29 is 19.4 Å². The van der Waals surface area contributed by atoms with Gasteiger partial charge in [0.1, 0.15) is 11.9 Å². The molecule has 45 heavy (non-hydrogen) atoms. The molecule has 0 spiro atoms. The minimum absolute atomic E-state index is 0.0101. The first-order valence-electron chi connectivity index (χ1n) is 16.4. The van der Waals surface area contributed by atoms with Crippen LogP contribution in [0, 0.1) is 5.92 Å². The highest BCUT2D eigenvalue weighted by atomic mass is 16.5. The average Bonchev–Trinajstić information content (AvgIpc) is 3.09. The summed E-state index contributed by atoms with van der Waals surface area (Å²) in [4.78, 5) is 30.4. The Kier molecular flexibility index (Phi) is 11.1. The normalized spacial score (nSPS) is 19.9. The molecule has 1 fully saturated rings. The number of nitrogens with one attached hydrogen (secondary N) is 2. The van der Waals surface area contributed by atoms with Crippen molar-refractivity contribution in [1.82, 2.24) is 15.1 Å². The molecule has 3 N–H and O–H groups in total. The Morgan fingerprint density at radius 2 is 1.73 bits per heavy atom. The van der Waals surface area contributed by atoms with Gasteiger partial charge in [0, 0.05) is 42.8 Å². The second kappa shape index (κ2) is 15.4. The predicted octanol–water partition coefficient (Wildman–Crippen LogP) is 6.09. The first-order valence-corrected chi connectivity index (χ1v) is 16.4. The number of fused-ring (bicyclic) bond motifs is 1. The summed E-state index contributed by atoms with van der Waals surface area (Å²) >= 11 is 0. The second-order valence-electron chi connectivity index (χ2n) is 12.9. The number of anilines is 1. The summed E-state index contributed by atoms with van der Waals surface area (Å²) in [5, 5.41) is 16.0. The fourth-order valence-electron chi connectivity index (χ4n) is 6.44. The number of aliphatic hydroxyl groups excluding tert-OH is 1. The van der Waals surface area contributed by atoms with E-state index in [-0.39, 0.29) is 49.1 Å². The van der Waals surface area contributed by atoms with Gasteiger partial charge in [0.2, 0.25) is 5.91 Å². The van der Waals surface area contributed by atoms with E-state index in [1.807, 2.05) is 31.2 Å². The van der Waals surface area contributed by atoms with E-state index >= 15 is 0 Å². The molecular weight excluding hydrogens is 564 g/mol. The van der Waals surface area contributed by atoms with E-state index in [4.69, 9.17) is 4.74 Å². The van der Waals surface area contributed by atoms with E-state index in [0.29, 0.717) is 24.5 Å². The van der Waals surface area contributed by atoms with Crippen molar-refractivity contribution in [1.29, 1.82) is 0 Å². The number of likely N-dealkylation sites (N-methyl/N-ethyl adjacent to an activating group) is 1. The van der Waals surface area contributed by atoms with Gasteiger partial charge in [-0.25, -0.2) is 4.79 Å². The molecule has 2 aliphatic rings. The first-order chi connectivity index (χ1) is 21.8. The lowest BCUT2D eigenvalue weighted by Gasteiger charge is -2.34. The van der Waals surface area contributed by atoms with Gasteiger partial charge >= 0.3 is 6.03 Å². The van der Waals surface area contributed by atoms with Gasteiger partial charge in [0.15, 0.2) is 0 Å². The van der Waals surface area contributed by atoms with E-state index in [1.54, 1.807) is 4.90 Å². The Bertz CT molecular complexity index is 1410. The van der Waals surface area contributed by atoms with Crippen LogP contribution in [-0.2, 0) is 17.8 Å². The molecule has 0 bridgehead atoms. The quantitative estimate of drug-likeness (QED) is 0.272. The Labute approximate surface area is 267 Å². The first kappa shape index (κ1) is 32.5. The fourth-order valence-corrected chi connectivity index (χ4v) is 6.44. The zero-order valence-corrected chi connectivity index (χ0v) is 26.9. The van der Waals surface area contributed by atoms with Crippen LogP contribution < -0.4 is 15.4 Å². The lowest BCUT2D eigenvalue weighted by molar-refractivity contribution is -0.134. The smallest absolute Gasteiger partial charge is 0.319 e. The van der Waals surface area contributed by atoms with Gasteiger partial charge in [0.25, 0.3) is 0 Å². The van der Waals surface area contributed by atoms with Crippen LogP contribution in [0.15, 0.2) is 72.8 Å². The van der Waals surface area contributed by atoms with Crippen LogP contribution in [0.3, 0.4) is 0 Å². The molecule has 0 unspecified atom stereocenters. The maximum absolute atomic E-state index is 13.6. The average molecular weight is 613 g/mol. The number of benzene rings is 3. The number of rotatable bonds is 9. The van der Waals surface area contributed by atoms with Crippen LogP contribution in [0.5, 0.6) is 5.75 Å². The number of carbonyl (C=O) groups is 2. The van der Waals surface area contributed by atoms with Crippen molar-refractivity contribution in [3.63, 3.8) is 0 Å².